The fourth-order valence-corrected chi connectivity index (χ4v) is 2.90. The molecular weight excluding hydrogens is 366 g/mol. The number of amides is 1. The second-order valence-electron chi connectivity index (χ2n) is 6.78. The van der Waals surface area contributed by atoms with Gasteiger partial charge in [-0.15, -0.1) is 0 Å². The molecule has 2 heterocycles. The summed E-state index contributed by atoms with van der Waals surface area (Å²) < 4.78 is 5.16. The molecule has 3 rings (SSSR count). The van der Waals surface area contributed by atoms with Crippen LogP contribution in [0.15, 0.2) is 55.0 Å². The highest BCUT2D eigenvalue weighted by atomic mass is 16.5. The van der Waals surface area contributed by atoms with Crippen molar-refractivity contribution in [3.05, 3.63) is 71.7 Å². The fourth-order valence-electron chi connectivity index (χ4n) is 2.90. The molecule has 0 unspecified atom stereocenters. The zero-order valence-corrected chi connectivity index (χ0v) is 16.1. The van der Waals surface area contributed by atoms with Crippen LogP contribution >= 0.6 is 0 Å². The molecule has 7 nitrogen and oxygen atoms in total. The Hall–Kier alpha value is -3.29. The molecule has 0 atom stereocenters. The third-order valence-electron chi connectivity index (χ3n) is 4.60. The molecule has 1 aliphatic rings. The largest absolute Gasteiger partial charge is 0.404 e. The Balaban J connectivity index is 1.54. The number of carbonyl (C=O) groups is 1. The molecule has 0 aliphatic carbocycles. The number of ether oxygens (including phenoxy) is 1. The Morgan fingerprint density at radius 3 is 2.72 bits per heavy atom. The van der Waals surface area contributed by atoms with Crippen LogP contribution in [0.5, 0.6) is 0 Å². The second kappa shape index (κ2) is 10.3. The van der Waals surface area contributed by atoms with Crippen LogP contribution in [-0.2, 0) is 16.1 Å². The lowest BCUT2D eigenvalue weighted by molar-refractivity contribution is -0.111. The summed E-state index contributed by atoms with van der Waals surface area (Å²) in [6, 6.07) is 9.51. The first-order valence-corrected chi connectivity index (χ1v) is 9.43. The molecular formula is C22H25N5O2. The van der Waals surface area contributed by atoms with Gasteiger partial charge in [0.2, 0.25) is 5.91 Å². The molecule has 0 radical (unpaired) electrons. The summed E-state index contributed by atoms with van der Waals surface area (Å²) in [4.78, 5) is 16.3. The fraction of sp³-hybridized carbons (Fsp3) is 0.227. The van der Waals surface area contributed by atoms with Crippen molar-refractivity contribution in [2.45, 2.75) is 6.54 Å². The molecule has 0 spiro atoms. The first-order chi connectivity index (χ1) is 14.2. The predicted molar refractivity (Wildman–Crippen MR) is 115 cm³/mol. The van der Waals surface area contributed by atoms with Gasteiger partial charge in [0.15, 0.2) is 0 Å². The van der Waals surface area contributed by atoms with E-state index in [2.05, 4.69) is 15.6 Å². The van der Waals surface area contributed by atoms with E-state index in [1.807, 2.05) is 24.3 Å². The topological polar surface area (TPSA) is 113 Å². The van der Waals surface area contributed by atoms with E-state index in [1.54, 1.807) is 24.5 Å². The number of benzene rings is 1. The van der Waals surface area contributed by atoms with Crippen LogP contribution in [0.4, 0.5) is 5.69 Å². The molecule has 1 fully saturated rings. The summed E-state index contributed by atoms with van der Waals surface area (Å²) >= 11 is 0. The first-order valence-electron chi connectivity index (χ1n) is 9.43. The number of nitrogens with one attached hydrogen (secondary N) is 3. The molecule has 1 aromatic heterocycles. The minimum atomic E-state index is -0.246. The van der Waals surface area contributed by atoms with E-state index in [0.717, 1.165) is 43.1 Å². The lowest BCUT2D eigenvalue weighted by atomic mass is 10.0. The zero-order valence-electron chi connectivity index (χ0n) is 16.1. The highest BCUT2D eigenvalue weighted by Gasteiger charge is 2.17. The maximum absolute atomic E-state index is 12.3. The summed E-state index contributed by atoms with van der Waals surface area (Å²) in [5.41, 5.74) is 9.46. The van der Waals surface area contributed by atoms with E-state index in [-0.39, 0.29) is 5.91 Å². The van der Waals surface area contributed by atoms with Gasteiger partial charge in [-0.25, -0.2) is 0 Å². The van der Waals surface area contributed by atoms with E-state index in [1.165, 1.54) is 18.5 Å². The summed E-state index contributed by atoms with van der Waals surface area (Å²) in [5.74, 6) is 0.375. The molecule has 0 saturated carbocycles. The van der Waals surface area contributed by atoms with E-state index in [4.69, 9.17) is 15.9 Å². The van der Waals surface area contributed by atoms with Gasteiger partial charge in [-0.3, -0.25) is 9.78 Å². The molecule has 150 valence electrons. The number of rotatable bonds is 9. The molecule has 1 aromatic carbocycles. The highest BCUT2D eigenvalue weighted by Crippen LogP contribution is 2.17. The molecule has 5 N–H and O–H groups in total. The number of nitrogens with two attached hydrogens (primary N) is 1. The molecule has 1 amide bonds. The van der Waals surface area contributed by atoms with Gasteiger partial charge in [0.1, 0.15) is 0 Å². The number of anilines is 1. The van der Waals surface area contributed by atoms with Crippen LogP contribution in [0.25, 0.3) is 11.6 Å². The van der Waals surface area contributed by atoms with Crippen LogP contribution in [0, 0.1) is 11.3 Å². The van der Waals surface area contributed by atoms with Gasteiger partial charge in [-0.1, -0.05) is 12.1 Å². The van der Waals surface area contributed by atoms with Crippen LogP contribution in [0.2, 0.25) is 0 Å². The van der Waals surface area contributed by atoms with Gasteiger partial charge in [-0.05, 0) is 35.4 Å². The van der Waals surface area contributed by atoms with Gasteiger partial charge in [-0.2, -0.15) is 0 Å². The predicted octanol–water partition coefficient (Wildman–Crippen LogP) is 2.42. The summed E-state index contributed by atoms with van der Waals surface area (Å²) in [6.07, 6.45) is 8.88. The highest BCUT2D eigenvalue weighted by molar-refractivity contribution is 6.10. The lowest BCUT2D eigenvalue weighted by Gasteiger charge is -2.26. The van der Waals surface area contributed by atoms with E-state index >= 15 is 0 Å². The van der Waals surface area contributed by atoms with Crippen molar-refractivity contribution < 1.29 is 9.53 Å². The maximum atomic E-state index is 12.3. The molecule has 1 saturated heterocycles. The summed E-state index contributed by atoms with van der Waals surface area (Å²) in [7, 11) is 0. The van der Waals surface area contributed by atoms with Crippen LogP contribution in [-0.4, -0.2) is 36.9 Å². The quantitative estimate of drug-likeness (QED) is 0.387. The maximum Gasteiger partial charge on any atom is 0.248 e. The number of hydrogen-bond donors (Lipinski definition) is 4. The van der Waals surface area contributed by atoms with E-state index in [9.17, 15) is 4.79 Å². The van der Waals surface area contributed by atoms with E-state index in [0.29, 0.717) is 17.1 Å². The van der Waals surface area contributed by atoms with Gasteiger partial charge in [0.05, 0.1) is 13.2 Å². The minimum absolute atomic E-state index is 0.246. The SMILES string of the molecule is N=C/C(=C\N)c1ccncc1/C=C/C(=O)Nc1ccc(CNCC2COC2)cc1. The number of allylic oxidation sites excluding steroid dienone is 1. The first kappa shape index (κ1) is 20.4. The van der Waals surface area contributed by atoms with E-state index < -0.39 is 0 Å². The third kappa shape index (κ3) is 5.84. The molecule has 29 heavy (non-hydrogen) atoms. The molecule has 1 aliphatic heterocycles. The smallest absolute Gasteiger partial charge is 0.248 e. The van der Waals surface area contributed by atoms with Crippen LogP contribution in [0.3, 0.4) is 0 Å². The second-order valence-corrected chi connectivity index (χ2v) is 6.78. The summed E-state index contributed by atoms with van der Waals surface area (Å²) in [6.45, 7) is 3.44. The Morgan fingerprint density at radius 1 is 1.28 bits per heavy atom. The van der Waals surface area contributed by atoms with Gasteiger partial charge in [0.25, 0.3) is 0 Å². The standard InChI is InChI=1S/C22H25N5O2/c23-9-19(10-24)21-7-8-25-13-18(21)3-6-22(28)27-20-4-1-16(2-5-20)11-26-12-17-14-29-15-17/h1-10,13,17,23,26H,11-12,14-15,24H2,(H,27,28)/b6-3+,19-10+,23-9?. The Bertz CT molecular complexity index is 902. The minimum Gasteiger partial charge on any atom is -0.404 e. The van der Waals surface area contributed by atoms with Gasteiger partial charge in [0, 0.05) is 66.7 Å². The van der Waals surface area contributed by atoms with Crippen molar-refractivity contribution >= 4 is 29.5 Å². The lowest BCUT2D eigenvalue weighted by Crippen LogP contribution is -2.36. The Kier molecular flexibility index (Phi) is 7.27. The Labute approximate surface area is 170 Å². The van der Waals surface area contributed by atoms with Crippen molar-refractivity contribution in [3.8, 4) is 0 Å². The monoisotopic (exact) mass is 391 g/mol. The number of pyridine rings is 1. The third-order valence-corrected chi connectivity index (χ3v) is 4.60. The number of nitrogens with zero attached hydrogens (tertiary/aromatic N) is 1. The normalized spacial score (nSPS) is 14.6. The number of carbonyl (C=O) groups excluding carboxylic acids is 1. The van der Waals surface area contributed by atoms with Crippen molar-refractivity contribution in [3.63, 3.8) is 0 Å². The molecule has 0 bridgehead atoms. The van der Waals surface area contributed by atoms with Gasteiger partial charge < -0.3 is 26.5 Å². The van der Waals surface area contributed by atoms with Gasteiger partial charge >= 0.3 is 0 Å². The van der Waals surface area contributed by atoms with Crippen LogP contribution in [0.1, 0.15) is 16.7 Å². The zero-order chi connectivity index (χ0) is 20.5. The Morgan fingerprint density at radius 2 is 2.07 bits per heavy atom. The number of hydrogen-bond acceptors (Lipinski definition) is 6. The van der Waals surface area contributed by atoms with Crippen molar-refractivity contribution in [2.24, 2.45) is 11.7 Å². The van der Waals surface area contributed by atoms with Crippen molar-refractivity contribution in [1.82, 2.24) is 10.3 Å². The average molecular weight is 391 g/mol. The molecule has 7 heteroatoms. The molecule has 2 aromatic rings. The number of aromatic nitrogens is 1. The van der Waals surface area contributed by atoms with Crippen molar-refractivity contribution in [2.75, 3.05) is 25.1 Å². The summed E-state index contributed by atoms with van der Waals surface area (Å²) in [5, 5.41) is 13.7. The average Bonchev–Trinajstić information content (AvgIpc) is 2.71. The van der Waals surface area contributed by atoms with Crippen LogP contribution < -0.4 is 16.4 Å². The van der Waals surface area contributed by atoms with Crippen molar-refractivity contribution in [1.29, 1.82) is 5.41 Å².